The highest BCUT2D eigenvalue weighted by Gasteiger charge is 2.28. The first-order valence-electron chi connectivity index (χ1n) is 6.11. The number of amides is 1. The van der Waals surface area contributed by atoms with Crippen LogP contribution < -0.4 is 9.64 Å². The molecule has 0 bridgehead atoms. The van der Waals surface area contributed by atoms with Crippen molar-refractivity contribution in [3.05, 3.63) is 29.0 Å². The summed E-state index contributed by atoms with van der Waals surface area (Å²) < 4.78 is 8.04. The van der Waals surface area contributed by atoms with Gasteiger partial charge in [0.25, 0.3) is 0 Å². The maximum absolute atomic E-state index is 12.4. The Morgan fingerprint density at radius 3 is 3.15 bits per heavy atom. The van der Waals surface area contributed by atoms with Crippen molar-refractivity contribution < 1.29 is 9.53 Å². The number of hydrogen-bond acceptors (Lipinski definition) is 5. The molecule has 1 aromatic carbocycles. The Morgan fingerprint density at radius 1 is 1.55 bits per heavy atom. The van der Waals surface area contributed by atoms with Crippen LogP contribution in [0, 0.1) is 0 Å². The molecule has 1 atom stereocenters. The fourth-order valence-electron chi connectivity index (χ4n) is 2.12. The van der Waals surface area contributed by atoms with Crippen LogP contribution in [0.3, 0.4) is 0 Å². The van der Waals surface area contributed by atoms with Gasteiger partial charge in [0.1, 0.15) is 24.7 Å². The normalized spacial score (nSPS) is 17.5. The van der Waals surface area contributed by atoms with Crippen LogP contribution in [0.1, 0.15) is 6.92 Å². The Hall–Kier alpha value is -1.96. The highest BCUT2D eigenvalue weighted by molar-refractivity contribution is 9.10. The summed E-state index contributed by atoms with van der Waals surface area (Å²) in [6.45, 7) is 2.54. The van der Waals surface area contributed by atoms with Crippen molar-refractivity contribution >= 4 is 27.5 Å². The lowest BCUT2D eigenvalue weighted by atomic mass is 10.2. The van der Waals surface area contributed by atoms with Gasteiger partial charge in [0.05, 0.1) is 12.2 Å². The molecule has 7 nitrogen and oxygen atoms in total. The van der Waals surface area contributed by atoms with Crippen LogP contribution in [-0.4, -0.2) is 38.8 Å². The number of ether oxygens (including phenoxy) is 1. The molecule has 20 heavy (non-hydrogen) atoms. The maximum atomic E-state index is 12.4. The van der Waals surface area contributed by atoms with E-state index in [4.69, 9.17) is 4.74 Å². The van der Waals surface area contributed by atoms with E-state index in [2.05, 4.69) is 31.5 Å². The highest BCUT2D eigenvalue weighted by atomic mass is 79.9. The summed E-state index contributed by atoms with van der Waals surface area (Å²) in [7, 11) is 0. The third kappa shape index (κ3) is 2.51. The predicted molar refractivity (Wildman–Crippen MR) is 74.4 cm³/mol. The number of fused-ring (bicyclic) bond motifs is 1. The molecule has 0 saturated carbocycles. The summed E-state index contributed by atoms with van der Waals surface area (Å²) in [5.41, 5.74) is 0.760. The fraction of sp³-hybridized carbons (Fsp3) is 0.333. The smallest absolute Gasteiger partial charge is 0.249 e. The number of rotatable bonds is 2. The number of aromatic nitrogens is 4. The van der Waals surface area contributed by atoms with E-state index in [0.717, 1.165) is 10.2 Å². The van der Waals surface area contributed by atoms with Gasteiger partial charge in [-0.2, -0.15) is 0 Å². The largest absolute Gasteiger partial charge is 0.487 e. The summed E-state index contributed by atoms with van der Waals surface area (Å²) in [4.78, 5) is 14.1. The molecule has 3 rings (SSSR count). The average Bonchev–Trinajstić information content (AvgIpc) is 2.91. The van der Waals surface area contributed by atoms with E-state index in [1.165, 1.54) is 11.0 Å². The number of carbonyl (C=O) groups excluding carboxylic acids is 1. The lowest BCUT2D eigenvalue weighted by molar-refractivity contribution is -0.119. The monoisotopic (exact) mass is 337 g/mol. The van der Waals surface area contributed by atoms with E-state index in [9.17, 15) is 4.79 Å². The van der Waals surface area contributed by atoms with Gasteiger partial charge in [-0.3, -0.25) is 4.79 Å². The van der Waals surface area contributed by atoms with Crippen LogP contribution in [-0.2, 0) is 11.3 Å². The van der Waals surface area contributed by atoms with E-state index >= 15 is 0 Å². The van der Waals surface area contributed by atoms with Gasteiger partial charge in [0, 0.05) is 4.47 Å². The van der Waals surface area contributed by atoms with Crippen molar-refractivity contribution in [3.63, 3.8) is 0 Å². The third-order valence-corrected chi connectivity index (χ3v) is 3.46. The Kier molecular flexibility index (Phi) is 3.39. The molecule has 1 amide bonds. The first kappa shape index (κ1) is 13.0. The van der Waals surface area contributed by atoms with Crippen molar-refractivity contribution in [1.29, 1.82) is 0 Å². The molecule has 0 spiro atoms. The molecular weight excluding hydrogens is 326 g/mol. The van der Waals surface area contributed by atoms with Gasteiger partial charge in [-0.25, -0.2) is 4.68 Å². The molecule has 0 radical (unpaired) electrons. The van der Waals surface area contributed by atoms with Gasteiger partial charge in [-0.15, -0.1) is 5.10 Å². The number of anilines is 1. The molecule has 1 aliphatic rings. The van der Waals surface area contributed by atoms with Crippen molar-refractivity contribution in [2.45, 2.75) is 19.6 Å². The lowest BCUT2D eigenvalue weighted by Gasteiger charge is -2.33. The predicted octanol–water partition coefficient (Wildman–Crippen LogP) is 1.25. The molecule has 0 N–H and O–H groups in total. The Labute approximate surface area is 123 Å². The van der Waals surface area contributed by atoms with E-state index in [0.29, 0.717) is 12.3 Å². The number of benzene rings is 1. The third-order valence-electron chi connectivity index (χ3n) is 2.97. The average molecular weight is 338 g/mol. The first-order chi connectivity index (χ1) is 9.63. The second-order valence-corrected chi connectivity index (χ2v) is 5.47. The van der Waals surface area contributed by atoms with Gasteiger partial charge >= 0.3 is 0 Å². The van der Waals surface area contributed by atoms with Crippen molar-refractivity contribution in [2.24, 2.45) is 0 Å². The number of hydrogen-bond donors (Lipinski definition) is 0. The van der Waals surface area contributed by atoms with Crippen molar-refractivity contribution in [3.8, 4) is 5.75 Å². The minimum atomic E-state index is -0.0770. The molecule has 1 aliphatic heterocycles. The van der Waals surface area contributed by atoms with Crippen LogP contribution in [0.2, 0.25) is 0 Å². The number of tetrazole rings is 1. The summed E-state index contributed by atoms with van der Waals surface area (Å²) in [6.07, 6.45) is 1.37. The molecule has 104 valence electrons. The Bertz CT molecular complexity index is 631. The maximum Gasteiger partial charge on any atom is 0.249 e. The van der Waals surface area contributed by atoms with Crippen molar-refractivity contribution in [1.82, 2.24) is 20.2 Å². The van der Waals surface area contributed by atoms with Crippen LogP contribution >= 0.6 is 15.9 Å². The van der Waals surface area contributed by atoms with E-state index in [1.54, 1.807) is 4.90 Å². The van der Waals surface area contributed by atoms with Gasteiger partial charge in [-0.1, -0.05) is 15.9 Å². The molecule has 8 heteroatoms. The van der Waals surface area contributed by atoms with Gasteiger partial charge < -0.3 is 9.64 Å². The molecule has 0 saturated heterocycles. The fourth-order valence-corrected chi connectivity index (χ4v) is 2.47. The van der Waals surface area contributed by atoms with Gasteiger partial charge in [0.15, 0.2) is 0 Å². The number of halogens is 1. The zero-order valence-corrected chi connectivity index (χ0v) is 12.3. The molecule has 1 aromatic heterocycles. The van der Waals surface area contributed by atoms with E-state index < -0.39 is 0 Å². The topological polar surface area (TPSA) is 73.1 Å². The second-order valence-electron chi connectivity index (χ2n) is 4.55. The highest BCUT2D eigenvalue weighted by Crippen LogP contribution is 2.35. The van der Waals surface area contributed by atoms with E-state index in [1.807, 2.05) is 25.1 Å². The van der Waals surface area contributed by atoms with Crippen molar-refractivity contribution in [2.75, 3.05) is 11.4 Å². The molecule has 2 aromatic rings. The number of carbonyl (C=O) groups is 1. The lowest BCUT2D eigenvalue weighted by Crippen LogP contribution is -2.43. The minimum absolute atomic E-state index is 0.0542. The Balaban J connectivity index is 1.89. The van der Waals surface area contributed by atoms with Gasteiger partial charge in [0.2, 0.25) is 5.91 Å². The second kappa shape index (κ2) is 5.20. The first-order valence-corrected chi connectivity index (χ1v) is 6.90. The summed E-state index contributed by atoms with van der Waals surface area (Å²) in [5, 5.41) is 10.8. The summed E-state index contributed by atoms with van der Waals surface area (Å²) in [6, 6.07) is 5.62. The molecule has 0 fully saturated rings. The SMILES string of the molecule is C[C@@H]1CN(C(=O)Cn2cnnn2)c2cc(Br)ccc2O1. The van der Waals surface area contributed by atoms with Crippen LogP contribution in [0.25, 0.3) is 0 Å². The summed E-state index contributed by atoms with van der Waals surface area (Å²) >= 11 is 3.41. The molecule has 2 heterocycles. The van der Waals surface area contributed by atoms with Gasteiger partial charge in [-0.05, 0) is 35.5 Å². The van der Waals surface area contributed by atoms with Crippen LogP contribution in [0.4, 0.5) is 5.69 Å². The number of nitrogens with zero attached hydrogens (tertiary/aromatic N) is 5. The summed E-state index contributed by atoms with van der Waals surface area (Å²) in [5.74, 6) is 0.629. The molecule has 0 unspecified atom stereocenters. The zero-order valence-electron chi connectivity index (χ0n) is 10.7. The Morgan fingerprint density at radius 2 is 2.40 bits per heavy atom. The van der Waals surface area contributed by atoms with E-state index in [-0.39, 0.29) is 18.6 Å². The van der Waals surface area contributed by atoms with Crippen LogP contribution in [0.5, 0.6) is 5.75 Å². The zero-order chi connectivity index (χ0) is 14.1. The standard InChI is InChI=1S/C12H12BrN5O2/c1-8-5-18(12(19)6-17-7-14-15-16-17)10-4-9(13)2-3-11(10)20-8/h2-4,7-8H,5-6H2,1H3/t8-/m1/s1. The molecule has 0 aliphatic carbocycles. The minimum Gasteiger partial charge on any atom is -0.487 e. The quantitative estimate of drug-likeness (QED) is 0.824. The molecular formula is C12H12BrN5O2. The van der Waals surface area contributed by atoms with Crippen LogP contribution in [0.15, 0.2) is 29.0 Å².